The fourth-order valence-corrected chi connectivity index (χ4v) is 3.69. The maximum absolute atomic E-state index is 12.2. The van der Waals surface area contributed by atoms with E-state index in [1.807, 2.05) is 60.0 Å². The van der Waals surface area contributed by atoms with Gasteiger partial charge in [-0.3, -0.25) is 20.4 Å². The third-order valence-electron chi connectivity index (χ3n) is 4.57. The summed E-state index contributed by atoms with van der Waals surface area (Å²) in [5.74, 6) is 0.173. The van der Waals surface area contributed by atoms with E-state index in [0.717, 1.165) is 21.6 Å². The van der Waals surface area contributed by atoms with Crippen molar-refractivity contribution in [3.63, 3.8) is 0 Å². The van der Waals surface area contributed by atoms with Gasteiger partial charge in [0.25, 0.3) is 5.91 Å². The zero-order chi connectivity index (χ0) is 20.8. The number of ether oxygens (including phenoxy) is 1. The number of hydrazine groups is 1. The second-order valence-corrected chi connectivity index (χ2v) is 7.79. The molecule has 0 atom stereocenters. The van der Waals surface area contributed by atoms with Gasteiger partial charge in [0.2, 0.25) is 5.91 Å². The van der Waals surface area contributed by atoms with Crippen LogP contribution in [0.25, 0.3) is 10.8 Å². The van der Waals surface area contributed by atoms with Gasteiger partial charge in [0, 0.05) is 10.4 Å². The van der Waals surface area contributed by atoms with Crippen molar-refractivity contribution in [2.45, 2.75) is 13.0 Å². The highest BCUT2D eigenvalue weighted by atomic mass is 32.1. The molecule has 0 radical (unpaired) electrons. The average molecular weight is 417 g/mol. The Hall–Kier alpha value is -3.64. The number of carbonyl (C=O) groups is 2. The summed E-state index contributed by atoms with van der Waals surface area (Å²) in [6.45, 7) is 0.401. The maximum atomic E-state index is 12.2. The molecule has 1 heterocycles. The third kappa shape index (κ3) is 5.04. The summed E-state index contributed by atoms with van der Waals surface area (Å²) in [7, 11) is 0. The highest BCUT2D eigenvalue weighted by Crippen LogP contribution is 2.21. The summed E-state index contributed by atoms with van der Waals surface area (Å²) in [5, 5.41) is 4.21. The topological polar surface area (TPSA) is 67.4 Å². The lowest BCUT2D eigenvalue weighted by Crippen LogP contribution is -2.42. The number of fused-ring (bicyclic) bond motifs is 1. The summed E-state index contributed by atoms with van der Waals surface area (Å²) in [6.07, 6.45) is 0.239. The monoisotopic (exact) mass is 416 g/mol. The van der Waals surface area contributed by atoms with E-state index in [1.165, 1.54) is 16.7 Å². The highest BCUT2D eigenvalue weighted by Gasteiger charge is 2.09. The van der Waals surface area contributed by atoms with Crippen molar-refractivity contribution in [2.24, 2.45) is 0 Å². The first-order chi connectivity index (χ1) is 14.7. The second kappa shape index (κ2) is 9.24. The molecule has 1 aromatic heterocycles. The zero-order valence-corrected chi connectivity index (χ0v) is 16.9. The lowest BCUT2D eigenvalue weighted by atomic mass is 10.1. The lowest BCUT2D eigenvalue weighted by Gasteiger charge is -2.09. The number of rotatable bonds is 6. The lowest BCUT2D eigenvalue weighted by molar-refractivity contribution is -0.121. The first-order valence-corrected chi connectivity index (χ1v) is 10.4. The number of thiophene rings is 1. The van der Waals surface area contributed by atoms with Crippen LogP contribution < -0.4 is 15.6 Å². The normalized spacial score (nSPS) is 10.5. The van der Waals surface area contributed by atoms with Crippen LogP contribution in [0.2, 0.25) is 0 Å². The summed E-state index contributed by atoms with van der Waals surface area (Å²) in [6, 6.07) is 25.0. The van der Waals surface area contributed by atoms with Gasteiger partial charge in [-0.1, -0.05) is 48.5 Å². The number of carbonyl (C=O) groups excluding carboxylic acids is 2. The van der Waals surface area contributed by atoms with E-state index in [2.05, 4.69) is 23.0 Å². The largest absolute Gasteiger partial charge is 0.489 e. The van der Waals surface area contributed by atoms with E-state index in [1.54, 1.807) is 12.1 Å². The molecule has 6 heteroatoms. The molecule has 0 unspecified atom stereocenters. The minimum Gasteiger partial charge on any atom is -0.489 e. The Morgan fingerprint density at radius 1 is 0.833 bits per heavy atom. The number of nitrogens with one attached hydrogen (secondary N) is 2. The van der Waals surface area contributed by atoms with Gasteiger partial charge in [0.1, 0.15) is 12.4 Å². The quantitative estimate of drug-likeness (QED) is 0.455. The van der Waals surface area contributed by atoms with Crippen LogP contribution in [-0.2, 0) is 17.8 Å². The Bertz CT molecular complexity index is 1150. The standard InChI is InChI=1S/C24H20N2O3S/c27-23(15-22-6-3-13-30-22)25-26-24(28)19-9-7-17(8-10-19)16-29-21-12-11-18-4-1-2-5-20(18)14-21/h1-14H,15-16H2,(H,25,27)(H,26,28). The van der Waals surface area contributed by atoms with Crippen LogP contribution in [0.15, 0.2) is 84.2 Å². The second-order valence-electron chi connectivity index (χ2n) is 6.75. The minimum absolute atomic E-state index is 0.239. The fourth-order valence-electron chi connectivity index (χ4n) is 2.99. The van der Waals surface area contributed by atoms with Gasteiger partial charge >= 0.3 is 0 Å². The molecule has 30 heavy (non-hydrogen) atoms. The van der Waals surface area contributed by atoms with Crippen LogP contribution in [0.1, 0.15) is 20.8 Å². The molecular weight excluding hydrogens is 396 g/mol. The molecule has 3 aromatic carbocycles. The summed E-state index contributed by atoms with van der Waals surface area (Å²) < 4.78 is 5.87. The van der Waals surface area contributed by atoms with Crippen molar-refractivity contribution in [3.8, 4) is 5.75 Å². The predicted octanol–water partition coefficient (Wildman–Crippen LogP) is 4.48. The van der Waals surface area contributed by atoms with Crippen molar-refractivity contribution < 1.29 is 14.3 Å². The van der Waals surface area contributed by atoms with Crippen molar-refractivity contribution in [1.29, 1.82) is 0 Å². The number of benzene rings is 3. The predicted molar refractivity (Wildman–Crippen MR) is 118 cm³/mol. The van der Waals surface area contributed by atoms with Crippen LogP contribution in [-0.4, -0.2) is 11.8 Å². The van der Waals surface area contributed by atoms with Gasteiger partial charge < -0.3 is 4.74 Å². The molecule has 0 aliphatic rings. The molecule has 5 nitrogen and oxygen atoms in total. The molecule has 0 bridgehead atoms. The molecule has 4 aromatic rings. The van der Waals surface area contributed by atoms with Crippen LogP contribution in [0, 0.1) is 0 Å². The van der Waals surface area contributed by atoms with E-state index in [9.17, 15) is 9.59 Å². The van der Waals surface area contributed by atoms with Crippen molar-refractivity contribution in [2.75, 3.05) is 0 Å². The fraction of sp³-hybridized carbons (Fsp3) is 0.0833. The summed E-state index contributed by atoms with van der Waals surface area (Å²) >= 11 is 1.50. The molecule has 0 spiro atoms. The zero-order valence-electron chi connectivity index (χ0n) is 16.1. The van der Waals surface area contributed by atoms with Crippen molar-refractivity contribution >= 4 is 33.9 Å². The van der Waals surface area contributed by atoms with Gasteiger partial charge in [-0.05, 0) is 52.0 Å². The van der Waals surface area contributed by atoms with E-state index in [4.69, 9.17) is 4.74 Å². The first kappa shape index (κ1) is 19.7. The van der Waals surface area contributed by atoms with Gasteiger partial charge in [-0.15, -0.1) is 11.3 Å². The van der Waals surface area contributed by atoms with Crippen LogP contribution in [0.4, 0.5) is 0 Å². The van der Waals surface area contributed by atoms with Crippen molar-refractivity contribution in [1.82, 2.24) is 10.9 Å². The van der Waals surface area contributed by atoms with Gasteiger partial charge in [0.15, 0.2) is 0 Å². The maximum Gasteiger partial charge on any atom is 0.269 e. The molecule has 0 saturated heterocycles. The van der Waals surface area contributed by atoms with E-state index < -0.39 is 0 Å². The van der Waals surface area contributed by atoms with Gasteiger partial charge in [-0.2, -0.15) is 0 Å². The van der Waals surface area contributed by atoms with Crippen LogP contribution in [0.5, 0.6) is 5.75 Å². The molecule has 0 aliphatic carbocycles. The van der Waals surface area contributed by atoms with E-state index in [-0.39, 0.29) is 18.2 Å². The number of hydrogen-bond donors (Lipinski definition) is 2. The van der Waals surface area contributed by atoms with Crippen molar-refractivity contribution in [3.05, 3.63) is 100 Å². The van der Waals surface area contributed by atoms with Gasteiger partial charge in [-0.25, -0.2) is 0 Å². The summed E-state index contributed by atoms with van der Waals surface area (Å²) in [4.78, 5) is 25.0. The number of hydrogen-bond acceptors (Lipinski definition) is 4. The average Bonchev–Trinajstić information content (AvgIpc) is 3.29. The molecule has 0 fully saturated rings. The highest BCUT2D eigenvalue weighted by molar-refractivity contribution is 7.10. The van der Waals surface area contributed by atoms with Gasteiger partial charge in [0.05, 0.1) is 6.42 Å². The Morgan fingerprint density at radius 2 is 1.63 bits per heavy atom. The van der Waals surface area contributed by atoms with E-state index in [0.29, 0.717) is 12.2 Å². The smallest absolute Gasteiger partial charge is 0.269 e. The molecule has 150 valence electrons. The molecular formula is C24H20N2O3S. The molecule has 0 saturated carbocycles. The molecule has 0 aliphatic heterocycles. The minimum atomic E-state index is -0.364. The molecule has 4 rings (SSSR count). The number of amides is 2. The van der Waals surface area contributed by atoms with E-state index >= 15 is 0 Å². The Kier molecular flexibility index (Phi) is 6.06. The Balaban J connectivity index is 1.28. The summed E-state index contributed by atoms with van der Waals surface area (Å²) in [5.41, 5.74) is 6.28. The Morgan fingerprint density at radius 3 is 2.40 bits per heavy atom. The first-order valence-electron chi connectivity index (χ1n) is 9.49. The SMILES string of the molecule is O=C(Cc1cccs1)NNC(=O)c1ccc(COc2ccc3ccccc3c2)cc1. The third-order valence-corrected chi connectivity index (χ3v) is 5.45. The van der Waals surface area contributed by atoms with Crippen LogP contribution >= 0.6 is 11.3 Å². The Labute approximate surface area is 178 Å². The van der Waals surface area contributed by atoms with Crippen LogP contribution in [0.3, 0.4) is 0 Å². The molecule has 2 N–H and O–H groups in total. The molecule has 2 amide bonds.